The van der Waals surface area contributed by atoms with Gasteiger partial charge in [-0.15, -0.1) is 0 Å². The molecule has 0 heterocycles. The molecule has 2 amide bonds. The first-order valence-electron chi connectivity index (χ1n) is 9.91. The number of carbonyl (C=O) groups excluding carboxylic acids is 2. The number of benzene rings is 3. The summed E-state index contributed by atoms with van der Waals surface area (Å²) in [6.45, 7) is 1.63. The maximum Gasteiger partial charge on any atom is 0.255 e. The molecule has 0 aromatic heterocycles. The molecule has 3 aromatic rings. The Morgan fingerprint density at radius 1 is 0.971 bits per heavy atom. The summed E-state index contributed by atoms with van der Waals surface area (Å²) in [6.07, 6.45) is 0. The summed E-state index contributed by atoms with van der Waals surface area (Å²) in [5, 5.41) is 2.66. The molecule has 4 nitrogen and oxygen atoms in total. The molecule has 0 bridgehead atoms. The maximum atomic E-state index is 13.7. The molecule has 2 unspecified atom stereocenters. The van der Waals surface area contributed by atoms with Crippen LogP contribution in [0.2, 0.25) is 10.0 Å². The lowest BCUT2D eigenvalue weighted by Crippen LogP contribution is -2.34. The van der Waals surface area contributed by atoms with Gasteiger partial charge in [-0.1, -0.05) is 52.5 Å². The van der Waals surface area contributed by atoms with E-state index in [1.807, 2.05) is 0 Å². The van der Waals surface area contributed by atoms with Crippen molar-refractivity contribution >= 4 is 63.9 Å². The van der Waals surface area contributed by atoms with Crippen molar-refractivity contribution in [2.75, 3.05) is 5.32 Å². The Balaban J connectivity index is 1.81. The zero-order valence-electron chi connectivity index (χ0n) is 17.4. The molecule has 3 N–H and O–H groups in total. The van der Waals surface area contributed by atoms with E-state index in [1.165, 1.54) is 48.5 Å². The number of hydrogen-bond acceptors (Lipinski definition) is 2. The fraction of sp³-hybridized carbons (Fsp3) is 0.167. The lowest BCUT2D eigenvalue weighted by Gasteiger charge is -2.19. The largest absolute Gasteiger partial charge is 0.369 e. The third kappa shape index (κ3) is 3.83. The van der Waals surface area contributed by atoms with Gasteiger partial charge in [0.1, 0.15) is 21.4 Å². The van der Waals surface area contributed by atoms with Crippen LogP contribution in [0.1, 0.15) is 33.0 Å². The fourth-order valence-electron chi connectivity index (χ4n) is 4.24. The van der Waals surface area contributed by atoms with Crippen LogP contribution in [-0.2, 0) is 10.2 Å². The van der Waals surface area contributed by atoms with Gasteiger partial charge >= 0.3 is 0 Å². The van der Waals surface area contributed by atoms with E-state index < -0.39 is 39.1 Å². The van der Waals surface area contributed by atoms with Crippen LogP contribution in [0.15, 0.2) is 54.6 Å². The molecule has 1 saturated carbocycles. The second-order valence-electron chi connectivity index (χ2n) is 7.99. The maximum absolute atomic E-state index is 13.7. The van der Waals surface area contributed by atoms with Crippen molar-refractivity contribution in [3.8, 4) is 0 Å². The number of alkyl halides is 2. The minimum atomic E-state index is -1.72. The van der Waals surface area contributed by atoms with Crippen molar-refractivity contribution < 1.29 is 18.4 Å². The Hall–Kier alpha value is -2.38. The van der Waals surface area contributed by atoms with Crippen LogP contribution in [0.25, 0.3) is 0 Å². The third-order valence-electron chi connectivity index (χ3n) is 6.05. The van der Waals surface area contributed by atoms with Gasteiger partial charge in [-0.2, -0.15) is 0 Å². The molecular weight excluding hydrogens is 528 g/mol. The van der Waals surface area contributed by atoms with Crippen LogP contribution < -0.4 is 11.1 Å². The van der Waals surface area contributed by atoms with Gasteiger partial charge in [0.2, 0.25) is 5.91 Å². The molecule has 2 atom stereocenters. The molecule has 0 radical (unpaired) electrons. The first kappa shape index (κ1) is 24.7. The van der Waals surface area contributed by atoms with E-state index in [4.69, 9.17) is 52.1 Å². The molecule has 1 aliphatic carbocycles. The molecule has 0 aliphatic heterocycles. The zero-order valence-corrected chi connectivity index (χ0v) is 20.5. The van der Waals surface area contributed by atoms with E-state index in [0.29, 0.717) is 16.8 Å². The molecule has 176 valence electrons. The summed E-state index contributed by atoms with van der Waals surface area (Å²) in [5.41, 5.74) is 5.66. The number of nitrogens with two attached hydrogens (primary N) is 1. The number of rotatable bonds is 5. The Morgan fingerprint density at radius 2 is 1.62 bits per heavy atom. The average molecular weight is 544 g/mol. The molecular formula is C24H16Cl4F2N2O2. The number of amides is 2. The number of primary amides is 1. The van der Waals surface area contributed by atoms with Crippen LogP contribution in [0.3, 0.4) is 0 Å². The zero-order chi connectivity index (χ0) is 25.0. The highest BCUT2D eigenvalue weighted by atomic mass is 35.5. The summed E-state index contributed by atoms with van der Waals surface area (Å²) in [7, 11) is 0. The minimum Gasteiger partial charge on any atom is -0.369 e. The Labute approximate surface area is 213 Å². The van der Waals surface area contributed by atoms with Crippen LogP contribution in [0.4, 0.5) is 14.5 Å². The number of anilines is 1. The van der Waals surface area contributed by atoms with E-state index in [2.05, 4.69) is 5.32 Å². The van der Waals surface area contributed by atoms with E-state index >= 15 is 0 Å². The monoisotopic (exact) mass is 542 g/mol. The highest BCUT2D eigenvalue weighted by molar-refractivity contribution is 6.55. The second-order valence-corrected chi connectivity index (χ2v) is 10.2. The molecule has 0 spiro atoms. The Bertz CT molecular complexity index is 1330. The van der Waals surface area contributed by atoms with E-state index in [1.54, 1.807) is 6.92 Å². The second kappa shape index (κ2) is 8.68. The minimum absolute atomic E-state index is 0.138. The molecule has 10 heteroatoms. The standard InChI is InChI=1S/C24H16Cl4F2N2O2/c1-11-16(21(33)32-15-5-3-14(29)4-6-15)9-13(10-17(11)25)23(22(31)34)20(24(23,27)28)12-2-7-19(30)18(26)8-12/h2-10,20H,1H3,(H2,31,34)(H,32,33). The van der Waals surface area contributed by atoms with Gasteiger partial charge in [0.15, 0.2) is 0 Å². The van der Waals surface area contributed by atoms with Crippen molar-refractivity contribution in [3.05, 3.63) is 98.5 Å². The summed E-state index contributed by atoms with van der Waals surface area (Å²) < 4.78 is 25.2. The van der Waals surface area contributed by atoms with E-state index in [-0.39, 0.29) is 21.2 Å². The van der Waals surface area contributed by atoms with Gasteiger partial charge < -0.3 is 11.1 Å². The SMILES string of the molecule is Cc1c(Cl)cc(C2(C(N)=O)C(c3ccc(F)c(Cl)c3)C2(Cl)Cl)cc1C(=O)Nc1ccc(F)cc1. The molecule has 4 rings (SSSR count). The lowest BCUT2D eigenvalue weighted by molar-refractivity contribution is -0.120. The summed E-state index contributed by atoms with van der Waals surface area (Å²) in [6, 6.07) is 12.0. The predicted molar refractivity (Wildman–Crippen MR) is 130 cm³/mol. The van der Waals surface area contributed by atoms with Crippen molar-refractivity contribution in [2.45, 2.75) is 22.6 Å². The predicted octanol–water partition coefficient (Wildman–Crippen LogP) is 6.53. The first-order valence-corrected chi connectivity index (χ1v) is 11.4. The summed E-state index contributed by atoms with van der Waals surface area (Å²) >= 11 is 25.5. The highest BCUT2D eigenvalue weighted by Gasteiger charge is 2.80. The lowest BCUT2D eigenvalue weighted by atomic mass is 9.87. The molecule has 1 aliphatic rings. The molecule has 34 heavy (non-hydrogen) atoms. The van der Waals surface area contributed by atoms with Crippen LogP contribution >= 0.6 is 46.4 Å². The number of carbonyl (C=O) groups is 2. The Morgan fingerprint density at radius 3 is 2.21 bits per heavy atom. The molecule has 1 fully saturated rings. The fourth-order valence-corrected chi connectivity index (χ4v) is 5.74. The number of hydrogen-bond donors (Lipinski definition) is 2. The van der Waals surface area contributed by atoms with Crippen molar-refractivity contribution in [3.63, 3.8) is 0 Å². The highest BCUT2D eigenvalue weighted by Crippen LogP contribution is 2.74. The van der Waals surface area contributed by atoms with Crippen molar-refractivity contribution in [1.29, 1.82) is 0 Å². The Kier molecular flexibility index (Phi) is 6.32. The van der Waals surface area contributed by atoms with E-state index in [0.717, 1.165) is 6.07 Å². The van der Waals surface area contributed by atoms with Gasteiger partial charge in [0.25, 0.3) is 5.91 Å². The molecule has 3 aromatic carbocycles. The van der Waals surface area contributed by atoms with Crippen LogP contribution in [0.5, 0.6) is 0 Å². The van der Waals surface area contributed by atoms with Gasteiger partial charge in [0, 0.05) is 22.2 Å². The van der Waals surface area contributed by atoms with Crippen molar-refractivity contribution in [1.82, 2.24) is 0 Å². The van der Waals surface area contributed by atoms with Gasteiger partial charge in [-0.25, -0.2) is 8.78 Å². The summed E-state index contributed by atoms with van der Waals surface area (Å²) in [4.78, 5) is 25.8. The third-order valence-corrected chi connectivity index (χ3v) is 7.76. The smallest absolute Gasteiger partial charge is 0.255 e. The topological polar surface area (TPSA) is 72.2 Å². The number of halogens is 6. The van der Waals surface area contributed by atoms with Crippen LogP contribution in [-0.4, -0.2) is 16.1 Å². The molecule has 0 saturated heterocycles. The summed E-state index contributed by atoms with van der Waals surface area (Å²) in [5.74, 6) is -3.39. The van der Waals surface area contributed by atoms with Gasteiger partial charge in [0.05, 0.1) is 5.02 Å². The quantitative estimate of drug-likeness (QED) is 0.359. The first-order chi connectivity index (χ1) is 15.9. The average Bonchev–Trinajstić information content (AvgIpc) is 3.30. The van der Waals surface area contributed by atoms with Crippen LogP contribution in [0, 0.1) is 18.6 Å². The normalized spacial score (nSPS) is 20.6. The van der Waals surface area contributed by atoms with Gasteiger partial charge in [-0.05, 0) is 72.1 Å². The van der Waals surface area contributed by atoms with E-state index in [9.17, 15) is 18.4 Å². The van der Waals surface area contributed by atoms with Gasteiger partial charge in [-0.3, -0.25) is 9.59 Å². The van der Waals surface area contributed by atoms with Crippen molar-refractivity contribution in [2.24, 2.45) is 5.73 Å². The number of nitrogens with one attached hydrogen (secondary N) is 1.